The van der Waals surface area contributed by atoms with Gasteiger partial charge in [0, 0.05) is 19.0 Å². The van der Waals surface area contributed by atoms with Gasteiger partial charge in [0.1, 0.15) is 23.4 Å². The molecule has 41 heavy (non-hydrogen) atoms. The van der Waals surface area contributed by atoms with Crippen molar-refractivity contribution in [1.82, 2.24) is 15.5 Å². The number of aryl methyl sites for hydroxylation is 2. The highest BCUT2D eigenvalue weighted by Crippen LogP contribution is 2.27. The second-order valence-electron chi connectivity index (χ2n) is 10.9. The van der Waals surface area contributed by atoms with E-state index in [0.717, 1.165) is 21.6 Å². The van der Waals surface area contributed by atoms with Crippen LogP contribution >= 0.6 is 0 Å². The van der Waals surface area contributed by atoms with E-state index < -0.39 is 35.6 Å². The summed E-state index contributed by atoms with van der Waals surface area (Å²) >= 11 is 0. The number of nitrogens with zero attached hydrogens (tertiary/aromatic N) is 1. The first-order valence-electron chi connectivity index (χ1n) is 13.3. The summed E-state index contributed by atoms with van der Waals surface area (Å²) in [6.45, 7) is 9.16. The number of ether oxygens (including phenoxy) is 1. The maximum absolute atomic E-state index is 14.1. The molecule has 0 aliphatic carbocycles. The van der Waals surface area contributed by atoms with Crippen molar-refractivity contribution >= 4 is 17.9 Å². The molecule has 0 aromatic heterocycles. The van der Waals surface area contributed by atoms with Gasteiger partial charge < -0.3 is 20.5 Å². The normalized spacial score (nSPS) is 12.4. The zero-order valence-electron chi connectivity index (χ0n) is 24.1. The Kier molecular flexibility index (Phi) is 10.2. The maximum atomic E-state index is 14.1. The number of nitrogens with one attached hydrogen (secondary N) is 2. The first-order chi connectivity index (χ1) is 19.4. The van der Waals surface area contributed by atoms with Gasteiger partial charge in [-0.25, -0.2) is 4.79 Å². The molecule has 2 unspecified atom stereocenters. The highest BCUT2D eigenvalue weighted by atomic mass is 16.6. The Morgan fingerprint density at radius 2 is 1.63 bits per heavy atom. The molecule has 3 aromatic carbocycles. The highest BCUT2D eigenvalue weighted by Gasteiger charge is 2.36. The van der Waals surface area contributed by atoms with E-state index in [2.05, 4.69) is 16.7 Å². The molecule has 0 radical (unpaired) electrons. The Morgan fingerprint density at radius 1 is 0.976 bits per heavy atom. The molecule has 0 heterocycles. The molecule has 3 aromatic rings. The number of hydrogen-bond acceptors (Lipinski definition) is 5. The predicted octanol–water partition coefficient (Wildman–Crippen LogP) is 4.92. The number of benzene rings is 3. The number of rotatable bonds is 9. The van der Waals surface area contributed by atoms with Crippen LogP contribution in [0.4, 0.5) is 4.79 Å². The molecule has 0 saturated carbocycles. The van der Waals surface area contributed by atoms with Crippen molar-refractivity contribution in [3.8, 4) is 18.2 Å². The van der Waals surface area contributed by atoms with Crippen molar-refractivity contribution in [2.45, 2.75) is 65.3 Å². The fourth-order valence-electron chi connectivity index (χ4n) is 4.36. The predicted molar refractivity (Wildman–Crippen MR) is 158 cm³/mol. The summed E-state index contributed by atoms with van der Waals surface area (Å²) in [6.07, 6.45) is 5.16. The van der Waals surface area contributed by atoms with Crippen LogP contribution in [0.25, 0.3) is 0 Å². The number of terminal acetylenes is 1. The molecule has 3 rings (SSSR count). The van der Waals surface area contributed by atoms with Crippen molar-refractivity contribution < 1.29 is 24.2 Å². The van der Waals surface area contributed by atoms with Crippen LogP contribution in [0.2, 0.25) is 0 Å². The van der Waals surface area contributed by atoms with Crippen LogP contribution in [0.15, 0.2) is 72.8 Å². The van der Waals surface area contributed by atoms with E-state index in [-0.39, 0.29) is 18.7 Å². The minimum Gasteiger partial charge on any atom is -0.508 e. The summed E-state index contributed by atoms with van der Waals surface area (Å²) < 4.78 is 5.41. The number of phenols is 1. The lowest BCUT2D eigenvalue weighted by Crippen LogP contribution is -2.52. The summed E-state index contributed by atoms with van der Waals surface area (Å²) in [7, 11) is 0. The van der Waals surface area contributed by atoms with Crippen molar-refractivity contribution in [2.75, 3.05) is 0 Å². The first kappa shape index (κ1) is 30.8. The summed E-state index contributed by atoms with van der Waals surface area (Å²) in [6, 6.07) is 21.3. The van der Waals surface area contributed by atoms with Crippen LogP contribution in [0.1, 0.15) is 54.6 Å². The van der Waals surface area contributed by atoms with Gasteiger partial charge in [-0.05, 0) is 69.0 Å². The van der Waals surface area contributed by atoms with Crippen LogP contribution in [-0.4, -0.2) is 39.6 Å². The summed E-state index contributed by atoms with van der Waals surface area (Å²) in [5.41, 5.74) is 3.08. The second-order valence-corrected chi connectivity index (χ2v) is 10.9. The molecule has 2 atom stereocenters. The topological polar surface area (TPSA) is 108 Å². The van der Waals surface area contributed by atoms with Crippen LogP contribution in [0, 0.1) is 26.3 Å². The van der Waals surface area contributed by atoms with Gasteiger partial charge in [0.15, 0.2) is 0 Å². The third kappa shape index (κ3) is 8.87. The minimum atomic E-state index is -1.17. The number of carbonyl (C=O) groups excluding carboxylic acids is 3. The van der Waals surface area contributed by atoms with Crippen molar-refractivity contribution in [2.24, 2.45) is 0 Å². The molecule has 0 spiro atoms. The lowest BCUT2D eigenvalue weighted by molar-refractivity contribution is -0.138. The average Bonchev–Trinajstić information content (AvgIpc) is 2.91. The molecule has 3 amide bonds. The Bertz CT molecular complexity index is 1410. The van der Waals surface area contributed by atoms with Gasteiger partial charge in [0.2, 0.25) is 5.91 Å². The van der Waals surface area contributed by atoms with Crippen molar-refractivity contribution in [3.05, 3.63) is 101 Å². The third-order valence-corrected chi connectivity index (χ3v) is 6.28. The van der Waals surface area contributed by atoms with E-state index in [1.807, 2.05) is 56.3 Å². The smallest absolute Gasteiger partial charge is 0.408 e. The van der Waals surface area contributed by atoms with Crippen LogP contribution in [0.3, 0.4) is 0 Å². The third-order valence-electron chi connectivity index (χ3n) is 6.28. The van der Waals surface area contributed by atoms with Gasteiger partial charge in [-0.15, -0.1) is 0 Å². The zero-order valence-corrected chi connectivity index (χ0v) is 24.1. The highest BCUT2D eigenvalue weighted by molar-refractivity contribution is 5.93. The van der Waals surface area contributed by atoms with E-state index in [1.165, 1.54) is 12.1 Å². The van der Waals surface area contributed by atoms with E-state index in [0.29, 0.717) is 11.1 Å². The fraction of sp³-hybridized carbons (Fsp3) is 0.303. The van der Waals surface area contributed by atoms with Crippen molar-refractivity contribution in [1.29, 1.82) is 0 Å². The molecule has 0 saturated heterocycles. The Balaban J connectivity index is 1.99. The van der Waals surface area contributed by atoms with Gasteiger partial charge in [-0.1, -0.05) is 72.7 Å². The molecule has 0 aliphatic rings. The molecule has 3 N–H and O–H groups in total. The monoisotopic (exact) mass is 555 g/mol. The van der Waals surface area contributed by atoms with Crippen LogP contribution in [-0.2, 0) is 27.3 Å². The Morgan fingerprint density at radius 3 is 2.22 bits per heavy atom. The minimum absolute atomic E-state index is 0.0434. The number of alkyl carbamates (subject to hydrolysis) is 1. The van der Waals surface area contributed by atoms with Gasteiger partial charge in [0.25, 0.3) is 5.91 Å². The molecule has 214 valence electrons. The molecule has 8 nitrogen and oxygen atoms in total. The fourth-order valence-corrected chi connectivity index (χ4v) is 4.36. The van der Waals surface area contributed by atoms with Crippen molar-refractivity contribution in [3.63, 3.8) is 0 Å². The van der Waals surface area contributed by atoms with E-state index in [4.69, 9.17) is 11.2 Å². The number of hydrogen-bond donors (Lipinski definition) is 3. The molecular formula is C33H37N3O5. The second kappa shape index (κ2) is 13.5. The Labute approximate surface area is 241 Å². The van der Waals surface area contributed by atoms with Crippen LogP contribution in [0.5, 0.6) is 5.75 Å². The zero-order chi connectivity index (χ0) is 30.2. The maximum Gasteiger partial charge on any atom is 0.408 e. The lowest BCUT2D eigenvalue weighted by atomic mass is 9.96. The standard InChI is InChI=1S/C33H37N3O5/c1-7-36(31(39)28(35-32(40)41-33(4,5)6)20-24-14-16-26(37)17-15-24)29(27-18-13-22(2)19-23(27)3)30(38)34-21-25-11-9-8-10-12-25/h1,8-19,28-29,37H,20-21H2,2-6H3,(H,34,38)(H,35,40). The number of amides is 3. The molecule has 8 heteroatoms. The van der Waals surface area contributed by atoms with E-state index in [1.54, 1.807) is 39.0 Å². The average molecular weight is 556 g/mol. The molecule has 0 fully saturated rings. The number of aromatic hydroxyl groups is 1. The quantitative estimate of drug-likeness (QED) is 0.257. The largest absolute Gasteiger partial charge is 0.508 e. The van der Waals surface area contributed by atoms with Gasteiger partial charge in [0.05, 0.1) is 0 Å². The van der Waals surface area contributed by atoms with E-state index >= 15 is 0 Å². The first-order valence-corrected chi connectivity index (χ1v) is 13.3. The van der Waals surface area contributed by atoms with Crippen LogP contribution < -0.4 is 10.6 Å². The van der Waals surface area contributed by atoms with E-state index in [9.17, 15) is 19.5 Å². The molecule has 0 aliphatic heterocycles. The number of carbonyl (C=O) groups is 3. The lowest BCUT2D eigenvalue weighted by Gasteiger charge is -2.31. The Hall–Kier alpha value is -4.77. The summed E-state index contributed by atoms with van der Waals surface area (Å²) in [5.74, 6) is -1.06. The summed E-state index contributed by atoms with van der Waals surface area (Å²) in [4.78, 5) is 41.7. The number of phenolic OH excluding ortho intramolecular Hbond substituents is 1. The van der Waals surface area contributed by atoms with Gasteiger partial charge >= 0.3 is 6.09 Å². The van der Waals surface area contributed by atoms with Gasteiger partial charge in [-0.2, -0.15) is 0 Å². The van der Waals surface area contributed by atoms with Gasteiger partial charge in [-0.3, -0.25) is 14.5 Å². The molecular weight excluding hydrogens is 518 g/mol. The summed E-state index contributed by atoms with van der Waals surface area (Å²) in [5, 5.41) is 15.2. The SMILES string of the molecule is C#CN(C(=O)C(Cc1ccc(O)cc1)NC(=O)OC(C)(C)C)C(C(=O)NCc1ccccc1)c1ccc(C)cc1C. The molecule has 0 bridgehead atoms.